The fourth-order valence-electron chi connectivity index (χ4n) is 7.89. The van der Waals surface area contributed by atoms with E-state index in [0.717, 1.165) is 12.8 Å². The van der Waals surface area contributed by atoms with E-state index in [1.165, 1.54) is 75.2 Å². The molecule has 0 heterocycles. The van der Waals surface area contributed by atoms with Gasteiger partial charge in [-0.25, -0.2) is 0 Å². The summed E-state index contributed by atoms with van der Waals surface area (Å²) >= 11 is -3.66. The van der Waals surface area contributed by atoms with Gasteiger partial charge in [-0.15, -0.1) is 24.8 Å². The van der Waals surface area contributed by atoms with Crippen LogP contribution in [-0.2, 0) is 32.4 Å². The molecule has 0 atom stereocenters. The Bertz CT molecular complexity index is 2240. The Morgan fingerprint density at radius 3 is 1.34 bits per heavy atom. The van der Waals surface area contributed by atoms with Crippen LogP contribution in [0.4, 0.5) is 0 Å². The van der Waals surface area contributed by atoms with Crippen molar-refractivity contribution in [3.05, 3.63) is 162 Å². The zero-order chi connectivity index (χ0) is 27.8. The maximum absolute atomic E-state index is 5.36. The van der Waals surface area contributed by atoms with Gasteiger partial charge in [0.1, 0.15) is 0 Å². The van der Waals surface area contributed by atoms with E-state index in [1.807, 2.05) is 0 Å². The molecule has 0 spiro atoms. The SMILES string of the molecule is Cl.Cl.[BH]=[Zr]([C]1=CCc2c1ccc1ccc3ccccc3c21)([C]1=CCc2c1ccc1ccc3ccccc3c21)[c]1ccccc1. The molecular formula is C40H30BCl2Zr. The van der Waals surface area contributed by atoms with Crippen LogP contribution in [0.15, 0.2) is 140 Å². The van der Waals surface area contributed by atoms with Crippen LogP contribution in [0.25, 0.3) is 49.7 Å². The van der Waals surface area contributed by atoms with Gasteiger partial charge in [0.2, 0.25) is 0 Å². The molecule has 7 aromatic rings. The molecular weight excluding hydrogens is 653 g/mol. The molecule has 44 heavy (non-hydrogen) atoms. The summed E-state index contributed by atoms with van der Waals surface area (Å²) in [4.78, 5) is 5.36. The molecule has 0 aliphatic heterocycles. The molecule has 0 N–H and O–H groups in total. The number of hydrogen-bond donors (Lipinski definition) is 0. The summed E-state index contributed by atoms with van der Waals surface area (Å²) in [7, 11) is 0. The topological polar surface area (TPSA) is 0 Å². The molecule has 0 saturated heterocycles. The van der Waals surface area contributed by atoms with E-state index in [1.54, 1.807) is 0 Å². The molecule has 2 aliphatic carbocycles. The number of fused-ring (bicyclic) bond motifs is 10. The standard InChI is InChI=1S/2C17H11.C6H5.BH.2ClH.Zr/c2*1-2-6-15-12(4-1)8-10-14-11-9-13-5-3-7-16(13)17(14)15;1-2-4-6-5-3-1;;;;/h2*1-4,6,8-11H,7H2;1-5H;3*1H;. The van der Waals surface area contributed by atoms with Crippen LogP contribution in [0, 0.1) is 0 Å². The summed E-state index contributed by atoms with van der Waals surface area (Å²) in [6.45, 7) is 0. The van der Waals surface area contributed by atoms with Gasteiger partial charge >= 0.3 is 252 Å². The average Bonchev–Trinajstić information content (AvgIpc) is 3.70. The van der Waals surface area contributed by atoms with Crippen molar-refractivity contribution in [2.24, 2.45) is 0 Å². The molecule has 9 rings (SSSR count). The van der Waals surface area contributed by atoms with Gasteiger partial charge in [0.05, 0.1) is 0 Å². The van der Waals surface area contributed by atoms with E-state index in [0.29, 0.717) is 0 Å². The van der Waals surface area contributed by atoms with Crippen LogP contribution >= 0.6 is 24.8 Å². The fraction of sp³-hybridized carbons (Fsp3) is 0.0500. The Morgan fingerprint density at radius 1 is 0.432 bits per heavy atom. The molecule has 0 bridgehead atoms. The second-order valence-corrected chi connectivity index (χ2v) is 20.4. The van der Waals surface area contributed by atoms with E-state index >= 15 is 0 Å². The van der Waals surface area contributed by atoms with Gasteiger partial charge in [-0.2, -0.15) is 0 Å². The molecule has 0 unspecified atom stereocenters. The molecule has 0 aromatic heterocycles. The van der Waals surface area contributed by atoms with E-state index in [-0.39, 0.29) is 24.8 Å². The number of rotatable bonds is 3. The zero-order valence-electron chi connectivity index (χ0n) is 24.2. The third-order valence-electron chi connectivity index (χ3n) is 9.82. The zero-order valence-corrected chi connectivity index (χ0v) is 28.3. The Kier molecular flexibility index (Phi) is 7.45. The van der Waals surface area contributed by atoms with Gasteiger partial charge in [0, 0.05) is 0 Å². The molecule has 7 aromatic carbocycles. The minimum absolute atomic E-state index is 0. The molecule has 0 fully saturated rings. The summed E-state index contributed by atoms with van der Waals surface area (Å²) in [6, 6.07) is 47.5. The third-order valence-corrected chi connectivity index (χ3v) is 19.9. The molecule has 0 nitrogen and oxygen atoms in total. The summed E-state index contributed by atoms with van der Waals surface area (Å²) in [5.74, 6) is 0. The van der Waals surface area contributed by atoms with Gasteiger partial charge in [-0.05, 0) is 0 Å². The van der Waals surface area contributed by atoms with Crippen molar-refractivity contribution in [1.82, 2.24) is 0 Å². The molecule has 0 radical (unpaired) electrons. The predicted octanol–water partition coefficient (Wildman–Crippen LogP) is 9.93. The van der Waals surface area contributed by atoms with Crippen LogP contribution < -0.4 is 3.27 Å². The van der Waals surface area contributed by atoms with Crippen molar-refractivity contribution in [3.63, 3.8) is 0 Å². The second-order valence-electron chi connectivity index (χ2n) is 11.9. The number of hydrogen-bond acceptors (Lipinski definition) is 0. The van der Waals surface area contributed by atoms with Crippen molar-refractivity contribution in [1.29, 1.82) is 0 Å². The van der Waals surface area contributed by atoms with Crippen LogP contribution in [-0.4, -0.2) is 4.94 Å². The molecule has 0 amide bonds. The Morgan fingerprint density at radius 2 is 0.841 bits per heavy atom. The Balaban J connectivity index is 0.00000156. The molecule has 2 aliphatic rings. The Hall–Kier alpha value is -3.41. The molecule has 211 valence electrons. The van der Waals surface area contributed by atoms with Gasteiger partial charge in [-0.1, -0.05) is 0 Å². The normalized spacial score (nSPS) is 13.7. The number of allylic oxidation sites excluding steroid dienone is 2. The molecule has 4 heteroatoms. The van der Waals surface area contributed by atoms with Crippen molar-refractivity contribution in [3.8, 4) is 0 Å². The first kappa shape index (κ1) is 29.3. The van der Waals surface area contributed by atoms with E-state index in [9.17, 15) is 0 Å². The minimum atomic E-state index is -3.66. The van der Waals surface area contributed by atoms with Gasteiger partial charge < -0.3 is 0 Å². The van der Waals surface area contributed by atoms with E-state index in [2.05, 4.69) is 140 Å². The van der Waals surface area contributed by atoms with Crippen molar-refractivity contribution in [2.45, 2.75) is 12.8 Å². The average molecular weight is 684 g/mol. The summed E-state index contributed by atoms with van der Waals surface area (Å²) < 4.78 is 4.50. The van der Waals surface area contributed by atoms with E-state index < -0.39 is 19.5 Å². The first-order valence-electron chi connectivity index (χ1n) is 14.9. The van der Waals surface area contributed by atoms with Gasteiger partial charge in [0.25, 0.3) is 0 Å². The fourth-order valence-corrected chi connectivity index (χ4v) is 17.6. The van der Waals surface area contributed by atoms with Gasteiger partial charge in [-0.3, -0.25) is 0 Å². The van der Waals surface area contributed by atoms with Crippen LogP contribution in [0.2, 0.25) is 0 Å². The number of benzene rings is 7. The van der Waals surface area contributed by atoms with Crippen LogP contribution in [0.3, 0.4) is 0 Å². The maximum atomic E-state index is 5.36. The van der Waals surface area contributed by atoms with Crippen LogP contribution in [0.1, 0.15) is 22.3 Å². The van der Waals surface area contributed by atoms with E-state index in [4.69, 9.17) is 4.94 Å². The Labute approximate surface area is 274 Å². The monoisotopic (exact) mass is 681 g/mol. The summed E-state index contributed by atoms with van der Waals surface area (Å²) in [5.41, 5.74) is 5.80. The predicted molar refractivity (Wildman–Crippen MR) is 194 cm³/mol. The van der Waals surface area contributed by atoms with Gasteiger partial charge in [0.15, 0.2) is 0 Å². The quantitative estimate of drug-likeness (QED) is 0.129. The van der Waals surface area contributed by atoms with Crippen molar-refractivity contribution < 1.29 is 19.5 Å². The summed E-state index contributed by atoms with van der Waals surface area (Å²) in [5, 5.41) is 10.8. The first-order valence-corrected chi connectivity index (χ1v) is 20.3. The second kappa shape index (κ2) is 11.2. The summed E-state index contributed by atoms with van der Waals surface area (Å²) in [6.07, 6.45) is 7.05. The third kappa shape index (κ3) is 4.15. The van der Waals surface area contributed by atoms with Crippen molar-refractivity contribution >= 4 is 82.7 Å². The van der Waals surface area contributed by atoms with Crippen molar-refractivity contribution in [2.75, 3.05) is 0 Å². The number of halogens is 2. The van der Waals surface area contributed by atoms with Crippen LogP contribution in [0.5, 0.6) is 0 Å². The first-order chi connectivity index (χ1) is 20.7. The molecule has 0 saturated carbocycles.